The zero-order chi connectivity index (χ0) is 9.84. The number of aliphatic hydroxyl groups is 1. The molecule has 0 aromatic rings. The summed E-state index contributed by atoms with van der Waals surface area (Å²) >= 11 is 1.74. The highest BCUT2D eigenvalue weighted by atomic mass is 32.2. The van der Waals surface area contributed by atoms with E-state index in [2.05, 4.69) is 25.4 Å². The molecule has 0 bridgehead atoms. The molecule has 2 nitrogen and oxygen atoms in total. The van der Waals surface area contributed by atoms with E-state index in [0.29, 0.717) is 17.3 Å². The van der Waals surface area contributed by atoms with Crippen molar-refractivity contribution in [3.8, 4) is 0 Å². The Kier molecular flexibility index (Phi) is 4.56. The lowest BCUT2D eigenvalue weighted by atomic mass is 9.81. The maximum absolute atomic E-state index is 9.09. The second kappa shape index (κ2) is 5.23. The van der Waals surface area contributed by atoms with Crippen LogP contribution in [0.1, 0.15) is 26.7 Å². The van der Waals surface area contributed by atoms with Gasteiger partial charge in [-0.15, -0.1) is 0 Å². The first kappa shape index (κ1) is 11.3. The summed E-state index contributed by atoms with van der Waals surface area (Å²) < 4.78 is 0. The Morgan fingerprint density at radius 1 is 1.54 bits per heavy atom. The van der Waals surface area contributed by atoms with Crippen LogP contribution in [0.4, 0.5) is 0 Å². The molecule has 0 heterocycles. The van der Waals surface area contributed by atoms with Crippen molar-refractivity contribution in [2.45, 2.75) is 44.0 Å². The zero-order valence-corrected chi connectivity index (χ0v) is 9.60. The van der Waals surface area contributed by atoms with E-state index >= 15 is 0 Å². The minimum absolute atomic E-state index is 0.275. The third-order valence-corrected chi connectivity index (χ3v) is 4.08. The summed E-state index contributed by atoms with van der Waals surface area (Å²) in [6.45, 7) is 4.74. The van der Waals surface area contributed by atoms with Crippen molar-refractivity contribution in [1.29, 1.82) is 0 Å². The van der Waals surface area contributed by atoms with Crippen molar-refractivity contribution in [1.82, 2.24) is 5.32 Å². The molecule has 0 aromatic heterocycles. The van der Waals surface area contributed by atoms with Crippen LogP contribution in [0.2, 0.25) is 0 Å². The van der Waals surface area contributed by atoms with Crippen LogP contribution < -0.4 is 5.32 Å². The Hall–Kier alpha value is 0.270. The van der Waals surface area contributed by atoms with Crippen molar-refractivity contribution in [2.75, 3.05) is 12.9 Å². The molecule has 2 atom stereocenters. The van der Waals surface area contributed by atoms with Gasteiger partial charge in [-0.3, -0.25) is 0 Å². The third-order valence-electron chi connectivity index (χ3n) is 2.91. The number of nitrogens with one attached hydrogen (secondary N) is 1. The van der Waals surface area contributed by atoms with Crippen LogP contribution in [0.3, 0.4) is 0 Å². The molecule has 0 aliphatic heterocycles. The molecule has 1 aliphatic rings. The lowest BCUT2D eigenvalue weighted by Crippen LogP contribution is -2.48. The topological polar surface area (TPSA) is 32.3 Å². The summed E-state index contributed by atoms with van der Waals surface area (Å²) in [6, 6.07) is 1.13. The Balaban J connectivity index is 2.19. The molecule has 0 amide bonds. The summed E-state index contributed by atoms with van der Waals surface area (Å²) in [6.07, 6.45) is 4.66. The molecule has 1 aliphatic carbocycles. The first-order chi connectivity index (χ1) is 6.17. The Morgan fingerprint density at radius 3 is 2.54 bits per heavy atom. The molecule has 2 unspecified atom stereocenters. The van der Waals surface area contributed by atoms with Gasteiger partial charge in [0.15, 0.2) is 0 Å². The van der Waals surface area contributed by atoms with Gasteiger partial charge >= 0.3 is 0 Å². The Bertz CT molecular complexity index is 144. The monoisotopic (exact) mass is 203 g/mol. The molecular weight excluding hydrogens is 182 g/mol. The van der Waals surface area contributed by atoms with Gasteiger partial charge < -0.3 is 10.4 Å². The summed E-state index contributed by atoms with van der Waals surface area (Å²) in [5, 5.41) is 13.0. The highest BCUT2D eigenvalue weighted by Crippen LogP contribution is 2.27. The summed E-state index contributed by atoms with van der Waals surface area (Å²) in [7, 11) is 0. The molecule has 0 spiro atoms. The van der Waals surface area contributed by atoms with Gasteiger partial charge in [0.2, 0.25) is 0 Å². The number of hydrogen-bond donors (Lipinski definition) is 2. The average molecular weight is 203 g/mol. The average Bonchev–Trinajstić information content (AvgIpc) is 2.04. The Labute approximate surface area is 85.5 Å². The number of aliphatic hydroxyl groups excluding tert-OH is 1. The van der Waals surface area contributed by atoms with Crippen molar-refractivity contribution < 1.29 is 5.11 Å². The molecular formula is C10H21NOS. The second-order valence-corrected chi connectivity index (χ2v) is 5.26. The molecule has 3 heteroatoms. The van der Waals surface area contributed by atoms with Gasteiger partial charge in [-0.1, -0.05) is 6.92 Å². The van der Waals surface area contributed by atoms with Crippen LogP contribution in [0, 0.1) is 5.92 Å². The van der Waals surface area contributed by atoms with Gasteiger partial charge in [0.1, 0.15) is 0 Å². The van der Waals surface area contributed by atoms with Crippen LogP contribution >= 0.6 is 11.8 Å². The molecule has 0 radical (unpaired) electrons. The van der Waals surface area contributed by atoms with Crippen LogP contribution in [0.5, 0.6) is 0 Å². The normalized spacial score (nSPS) is 32.3. The lowest BCUT2D eigenvalue weighted by Gasteiger charge is -2.37. The largest absolute Gasteiger partial charge is 0.395 e. The third kappa shape index (κ3) is 3.15. The van der Waals surface area contributed by atoms with E-state index in [1.807, 2.05) is 0 Å². The van der Waals surface area contributed by atoms with Crippen molar-refractivity contribution in [2.24, 2.45) is 5.92 Å². The SMILES string of the molecule is CSC(CO)C(C)NC1CC(C)C1. The fourth-order valence-electron chi connectivity index (χ4n) is 1.95. The van der Waals surface area contributed by atoms with Crippen molar-refractivity contribution >= 4 is 11.8 Å². The van der Waals surface area contributed by atoms with Gasteiger partial charge in [0, 0.05) is 17.3 Å². The molecule has 13 heavy (non-hydrogen) atoms. The van der Waals surface area contributed by atoms with E-state index in [9.17, 15) is 0 Å². The van der Waals surface area contributed by atoms with E-state index in [1.54, 1.807) is 11.8 Å². The summed E-state index contributed by atoms with van der Waals surface area (Å²) in [5.74, 6) is 0.895. The predicted molar refractivity (Wildman–Crippen MR) is 59.2 cm³/mol. The van der Waals surface area contributed by atoms with E-state index < -0.39 is 0 Å². The van der Waals surface area contributed by atoms with Crippen LogP contribution in [0.25, 0.3) is 0 Å². The maximum atomic E-state index is 9.09. The van der Waals surface area contributed by atoms with Crippen molar-refractivity contribution in [3.63, 3.8) is 0 Å². The lowest BCUT2D eigenvalue weighted by molar-refractivity contribution is 0.208. The van der Waals surface area contributed by atoms with Crippen LogP contribution in [-0.2, 0) is 0 Å². The zero-order valence-electron chi connectivity index (χ0n) is 8.79. The van der Waals surface area contributed by atoms with Crippen molar-refractivity contribution in [3.05, 3.63) is 0 Å². The molecule has 1 rings (SSSR count). The Morgan fingerprint density at radius 2 is 2.15 bits per heavy atom. The predicted octanol–water partition coefficient (Wildman–Crippen LogP) is 1.49. The highest BCUT2D eigenvalue weighted by Gasteiger charge is 2.27. The van der Waals surface area contributed by atoms with Crippen LogP contribution in [-0.4, -0.2) is 35.3 Å². The summed E-state index contributed by atoms with van der Waals surface area (Å²) in [4.78, 5) is 0. The highest BCUT2D eigenvalue weighted by molar-refractivity contribution is 7.99. The van der Waals surface area contributed by atoms with E-state index in [0.717, 1.165) is 5.92 Å². The molecule has 2 N–H and O–H groups in total. The van der Waals surface area contributed by atoms with E-state index in [-0.39, 0.29) is 6.61 Å². The minimum Gasteiger partial charge on any atom is -0.395 e. The minimum atomic E-state index is 0.275. The van der Waals surface area contributed by atoms with Gasteiger partial charge in [-0.25, -0.2) is 0 Å². The first-order valence-corrected chi connectivity index (χ1v) is 6.35. The fraction of sp³-hybridized carbons (Fsp3) is 1.00. The van der Waals surface area contributed by atoms with Gasteiger partial charge in [0.25, 0.3) is 0 Å². The van der Waals surface area contributed by atoms with Gasteiger partial charge in [-0.05, 0) is 31.9 Å². The summed E-state index contributed by atoms with van der Waals surface area (Å²) in [5.41, 5.74) is 0. The molecule has 78 valence electrons. The smallest absolute Gasteiger partial charge is 0.0564 e. The fourth-order valence-corrected chi connectivity index (χ4v) is 2.59. The molecule has 0 aromatic carbocycles. The number of thioether (sulfide) groups is 1. The first-order valence-electron chi connectivity index (χ1n) is 5.07. The van der Waals surface area contributed by atoms with Gasteiger partial charge in [-0.2, -0.15) is 11.8 Å². The number of rotatable bonds is 5. The second-order valence-electron chi connectivity index (χ2n) is 4.19. The maximum Gasteiger partial charge on any atom is 0.0564 e. The van der Waals surface area contributed by atoms with E-state index in [4.69, 9.17) is 5.11 Å². The molecule has 1 fully saturated rings. The van der Waals surface area contributed by atoms with E-state index in [1.165, 1.54) is 12.8 Å². The quantitative estimate of drug-likeness (QED) is 0.710. The van der Waals surface area contributed by atoms with Crippen LogP contribution in [0.15, 0.2) is 0 Å². The number of hydrogen-bond acceptors (Lipinski definition) is 3. The standard InChI is InChI=1S/C10H21NOS/c1-7-4-9(5-7)11-8(2)10(6-12)13-3/h7-12H,4-6H2,1-3H3. The van der Waals surface area contributed by atoms with Gasteiger partial charge in [0.05, 0.1) is 6.61 Å². The molecule has 1 saturated carbocycles. The molecule has 0 saturated heterocycles.